The molecule has 0 radical (unpaired) electrons. The number of benzene rings is 1. The minimum absolute atomic E-state index is 0.229. The third-order valence-corrected chi connectivity index (χ3v) is 9.23. The molecule has 24 heavy (non-hydrogen) atoms. The van der Waals surface area contributed by atoms with Crippen molar-refractivity contribution in [1.82, 2.24) is 0 Å². The number of rotatable bonds is 10. The topological polar surface area (TPSA) is 47.9 Å². The number of ether oxygens (including phenoxy) is 2. The quantitative estimate of drug-likeness (QED) is 0.500. The first kappa shape index (κ1) is 21.2. The highest BCUT2D eigenvalue weighted by Gasteiger charge is 2.36. The molecule has 0 unspecified atom stereocenters. The summed E-state index contributed by atoms with van der Waals surface area (Å²) in [6, 6.07) is 7.76. The van der Waals surface area contributed by atoms with Gasteiger partial charge in [0, 0.05) is 6.61 Å². The molecule has 0 heterocycles. The standard InChI is InChI=1S/C19H34O4Si/c1-19(2,3)24(5,6)23-13-7-8-17(20)15-22-14-16-9-11-18(21-4)12-10-16/h9-12,17,20H,7-8,13-15H2,1-6H3/t17-/m0/s1. The van der Waals surface area contributed by atoms with E-state index in [-0.39, 0.29) is 5.04 Å². The molecule has 0 aliphatic heterocycles. The monoisotopic (exact) mass is 354 g/mol. The maximum atomic E-state index is 10.0. The minimum atomic E-state index is -1.68. The van der Waals surface area contributed by atoms with Crippen LogP contribution in [0.25, 0.3) is 0 Å². The molecule has 138 valence electrons. The zero-order valence-electron chi connectivity index (χ0n) is 16.1. The summed E-state index contributed by atoms with van der Waals surface area (Å²) in [4.78, 5) is 0. The lowest BCUT2D eigenvalue weighted by atomic mass is 10.2. The van der Waals surface area contributed by atoms with Crippen molar-refractivity contribution in [3.63, 3.8) is 0 Å². The van der Waals surface area contributed by atoms with E-state index in [9.17, 15) is 5.11 Å². The van der Waals surface area contributed by atoms with E-state index in [0.717, 1.165) is 17.7 Å². The number of aliphatic hydroxyl groups excluding tert-OH is 1. The van der Waals surface area contributed by atoms with E-state index in [1.807, 2.05) is 24.3 Å². The molecule has 4 nitrogen and oxygen atoms in total. The molecule has 0 amide bonds. The lowest BCUT2D eigenvalue weighted by Crippen LogP contribution is -2.41. The molecule has 0 bridgehead atoms. The number of aliphatic hydroxyl groups is 1. The van der Waals surface area contributed by atoms with Gasteiger partial charge in [-0.1, -0.05) is 32.9 Å². The maximum absolute atomic E-state index is 10.0. The predicted molar refractivity (Wildman–Crippen MR) is 101 cm³/mol. The van der Waals surface area contributed by atoms with E-state index in [0.29, 0.717) is 26.2 Å². The maximum Gasteiger partial charge on any atom is 0.191 e. The Hall–Kier alpha value is -0.883. The zero-order valence-corrected chi connectivity index (χ0v) is 17.1. The summed E-state index contributed by atoms with van der Waals surface area (Å²) < 4.78 is 16.8. The van der Waals surface area contributed by atoms with Gasteiger partial charge in [-0.3, -0.25) is 0 Å². The van der Waals surface area contributed by atoms with Gasteiger partial charge in [-0.25, -0.2) is 0 Å². The molecule has 0 spiro atoms. The SMILES string of the molecule is COc1ccc(COC[C@@H](O)CCCO[Si](C)(C)C(C)(C)C)cc1. The Balaban J connectivity index is 2.17. The van der Waals surface area contributed by atoms with Gasteiger partial charge >= 0.3 is 0 Å². The van der Waals surface area contributed by atoms with Gasteiger partial charge in [0.25, 0.3) is 0 Å². The molecule has 0 fully saturated rings. The molecule has 1 atom stereocenters. The Kier molecular flexibility index (Phi) is 8.43. The summed E-state index contributed by atoms with van der Waals surface area (Å²) in [7, 11) is -0.0279. The molecule has 0 aliphatic rings. The van der Waals surface area contributed by atoms with Crippen LogP contribution in [0.15, 0.2) is 24.3 Å². The molecular formula is C19H34O4Si. The second-order valence-corrected chi connectivity index (χ2v) is 12.6. The molecule has 0 aromatic heterocycles. The lowest BCUT2D eigenvalue weighted by molar-refractivity contribution is 0.0218. The molecule has 1 aromatic carbocycles. The molecule has 5 heteroatoms. The summed E-state index contributed by atoms with van der Waals surface area (Å²) >= 11 is 0. The van der Waals surface area contributed by atoms with Crippen molar-refractivity contribution in [1.29, 1.82) is 0 Å². The van der Waals surface area contributed by atoms with Gasteiger partial charge in [-0.2, -0.15) is 0 Å². The Morgan fingerprint density at radius 1 is 1.12 bits per heavy atom. The molecule has 0 aliphatic carbocycles. The van der Waals surface area contributed by atoms with E-state index in [4.69, 9.17) is 13.9 Å². The van der Waals surface area contributed by atoms with Crippen molar-refractivity contribution in [2.24, 2.45) is 0 Å². The largest absolute Gasteiger partial charge is 0.497 e. The fourth-order valence-corrected chi connectivity index (χ4v) is 3.07. The molecule has 1 aromatic rings. The Bertz CT molecular complexity index is 465. The van der Waals surface area contributed by atoms with E-state index in [1.54, 1.807) is 7.11 Å². The third-order valence-electron chi connectivity index (χ3n) is 4.69. The summed E-state index contributed by atoms with van der Waals surface area (Å²) in [5, 5.41) is 10.2. The first-order chi connectivity index (χ1) is 11.2. The van der Waals surface area contributed by atoms with Crippen molar-refractivity contribution < 1.29 is 19.0 Å². The van der Waals surface area contributed by atoms with Crippen molar-refractivity contribution >= 4 is 8.32 Å². The van der Waals surface area contributed by atoms with E-state index in [1.165, 1.54) is 0 Å². The van der Waals surface area contributed by atoms with Crippen LogP contribution < -0.4 is 4.74 Å². The van der Waals surface area contributed by atoms with Crippen molar-refractivity contribution in [3.05, 3.63) is 29.8 Å². The molecule has 0 saturated heterocycles. The zero-order chi connectivity index (χ0) is 18.2. The average Bonchev–Trinajstić information content (AvgIpc) is 2.51. The van der Waals surface area contributed by atoms with Crippen LogP contribution in [0.3, 0.4) is 0 Å². The highest BCUT2D eigenvalue weighted by Crippen LogP contribution is 2.36. The van der Waals surface area contributed by atoms with Crippen LogP contribution in [0.4, 0.5) is 0 Å². The summed E-state index contributed by atoms with van der Waals surface area (Å²) in [5.41, 5.74) is 1.07. The van der Waals surface area contributed by atoms with Gasteiger partial charge in [-0.15, -0.1) is 0 Å². The Morgan fingerprint density at radius 3 is 2.29 bits per heavy atom. The van der Waals surface area contributed by atoms with Crippen LogP contribution in [0.5, 0.6) is 5.75 Å². The summed E-state index contributed by atoms with van der Waals surface area (Å²) in [5.74, 6) is 0.834. The first-order valence-corrected chi connectivity index (χ1v) is 11.6. The predicted octanol–water partition coefficient (Wildman–Crippen LogP) is 4.37. The van der Waals surface area contributed by atoms with Crippen LogP contribution >= 0.6 is 0 Å². The van der Waals surface area contributed by atoms with Crippen LogP contribution in [0, 0.1) is 0 Å². The van der Waals surface area contributed by atoms with Gasteiger partial charge < -0.3 is 19.0 Å². The van der Waals surface area contributed by atoms with Crippen LogP contribution in [0.1, 0.15) is 39.2 Å². The van der Waals surface area contributed by atoms with Gasteiger partial charge in [0.05, 0.1) is 26.4 Å². The second-order valence-electron chi connectivity index (χ2n) is 7.77. The fourth-order valence-electron chi connectivity index (χ4n) is 1.98. The highest BCUT2D eigenvalue weighted by molar-refractivity contribution is 6.74. The Labute approximate surface area is 148 Å². The Morgan fingerprint density at radius 2 is 1.75 bits per heavy atom. The summed E-state index contributed by atoms with van der Waals surface area (Å²) in [6.45, 7) is 12.8. The van der Waals surface area contributed by atoms with Crippen molar-refractivity contribution in [3.8, 4) is 5.75 Å². The van der Waals surface area contributed by atoms with Crippen LogP contribution in [0.2, 0.25) is 18.1 Å². The fraction of sp³-hybridized carbons (Fsp3) is 0.684. The third kappa shape index (κ3) is 7.34. The molecule has 0 saturated carbocycles. The van der Waals surface area contributed by atoms with Gasteiger partial charge in [0.2, 0.25) is 0 Å². The molecule has 1 N–H and O–H groups in total. The van der Waals surface area contributed by atoms with Crippen molar-refractivity contribution in [2.75, 3.05) is 20.3 Å². The first-order valence-electron chi connectivity index (χ1n) is 8.68. The normalized spacial score (nSPS) is 13.8. The molecule has 1 rings (SSSR count). The van der Waals surface area contributed by atoms with Crippen LogP contribution in [-0.4, -0.2) is 39.9 Å². The van der Waals surface area contributed by atoms with Crippen molar-refractivity contribution in [2.45, 2.75) is 64.5 Å². The smallest absolute Gasteiger partial charge is 0.191 e. The van der Waals surface area contributed by atoms with Gasteiger partial charge in [0.1, 0.15) is 5.75 Å². The molecular weight excluding hydrogens is 320 g/mol. The van der Waals surface area contributed by atoms with E-state index in [2.05, 4.69) is 33.9 Å². The second kappa shape index (κ2) is 9.56. The number of hydrogen-bond donors (Lipinski definition) is 1. The number of hydrogen-bond acceptors (Lipinski definition) is 4. The summed E-state index contributed by atoms with van der Waals surface area (Å²) in [6.07, 6.45) is 1.13. The van der Waals surface area contributed by atoms with Gasteiger partial charge in [-0.05, 0) is 48.7 Å². The van der Waals surface area contributed by atoms with E-state index >= 15 is 0 Å². The number of methoxy groups -OCH3 is 1. The highest BCUT2D eigenvalue weighted by atomic mass is 28.4. The lowest BCUT2D eigenvalue weighted by Gasteiger charge is -2.36. The van der Waals surface area contributed by atoms with E-state index < -0.39 is 14.4 Å². The minimum Gasteiger partial charge on any atom is -0.497 e. The van der Waals surface area contributed by atoms with Crippen LogP contribution in [-0.2, 0) is 15.8 Å². The van der Waals surface area contributed by atoms with Gasteiger partial charge in [0.15, 0.2) is 8.32 Å². The average molecular weight is 355 g/mol.